The number of esters is 10. The lowest BCUT2D eigenvalue weighted by Gasteiger charge is -2.36. The Hall–Kier alpha value is -5.44. The number of Topliss-reactive ketones (excluding diaryl/α,β-unsaturated/α-hetero) is 2. The quantitative estimate of drug-likeness (QED) is 0.0383. The average molecular weight is 1440 g/mol. The van der Waals surface area contributed by atoms with Crippen LogP contribution < -0.4 is 11.5 Å². The first-order valence-electron chi connectivity index (χ1n) is 36.8. The molecule has 21 nitrogen and oxygen atoms in total. The van der Waals surface area contributed by atoms with Crippen LogP contribution in [0.4, 0.5) is 0 Å². The number of ketones is 2. The maximum absolute atomic E-state index is 13.0. The number of carbonyl (C=O) groups is 12. The number of carbonyl (C=O) groups excluding carboxylic acids is 12. The minimum Gasteiger partial charge on any atom is -0.469 e. The van der Waals surface area contributed by atoms with Gasteiger partial charge in [0.25, 0.3) is 0 Å². The van der Waals surface area contributed by atoms with Crippen molar-refractivity contribution in [3.8, 4) is 0 Å². The summed E-state index contributed by atoms with van der Waals surface area (Å²) in [5, 5.41) is 0. The lowest BCUT2D eigenvalue weighted by molar-refractivity contribution is -0.160. The van der Waals surface area contributed by atoms with Crippen molar-refractivity contribution >= 4 is 71.3 Å². The van der Waals surface area contributed by atoms with Crippen molar-refractivity contribution in [3.63, 3.8) is 0 Å². The van der Waals surface area contributed by atoms with E-state index < -0.39 is 152 Å². The van der Waals surface area contributed by atoms with E-state index in [1.807, 2.05) is 83.1 Å². The zero-order valence-corrected chi connectivity index (χ0v) is 68.8. The number of ether oxygens (including phenoxy) is 7. The Morgan fingerprint density at radius 3 is 0.861 bits per heavy atom. The summed E-state index contributed by atoms with van der Waals surface area (Å²) in [5.74, 6) is -11.1. The smallest absolute Gasteiger partial charge is 0.318 e. The summed E-state index contributed by atoms with van der Waals surface area (Å²) in [5.41, 5.74) is 7.64. The van der Waals surface area contributed by atoms with Gasteiger partial charge >= 0.3 is 59.7 Å². The third kappa shape index (κ3) is 29.9. The molecule has 3 rings (SSSR count). The molecule has 101 heavy (non-hydrogen) atoms. The molecular weight excluding hydrogens is 1290 g/mol. The molecule has 0 aliphatic carbocycles. The first-order chi connectivity index (χ1) is 46.1. The lowest BCUT2D eigenvalue weighted by atomic mass is 9.68. The Morgan fingerprint density at radius 1 is 0.347 bits per heavy atom. The van der Waals surface area contributed by atoms with Crippen LogP contribution in [0.2, 0.25) is 0 Å². The third-order valence-corrected chi connectivity index (χ3v) is 22.4. The van der Waals surface area contributed by atoms with E-state index in [0.29, 0.717) is 10.8 Å². The molecule has 0 aromatic rings. The Morgan fingerprint density at radius 2 is 0.604 bits per heavy atom. The molecule has 0 saturated carbocycles. The van der Waals surface area contributed by atoms with E-state index in [1.165, 1.54) is 82.1 Å². The fraction of sp³-hybridized carbons (Fsp3) is 0.850. The topological polar surface area (TPSA) is 321 Å². The number of methoxy groups -OCH3 is 4. The molecular formula is C80H142N2O19. The molecule has 3 aliphatic heterocycles. The van der Waals surface area contributed by atoms with Gasteiger partial charge in [0.15, 0.2) is 0 Å². The van der Waals surface area contributed by atoms with Crippen molar-refractivity contribution in [2.75, 3.05) is 42.5 Å². The van der Waals surface area contributed by atoms with Gasteiger partial charge in [0.1, 0.15) is 11.6 Å². The zero-order chi connectivity index (χ0) is 79.8. The van der Waals surface area contributed by atoms with Gasteiger partial charge in [-0.05, 0) is 154 Å². The van der Waals surface area contributed by atoms with Crippen molar-refractivity contribution < 1.29 is 90.7 Å². The highest BCUT2D eigenvalue weighted by atomic mass is 16.6. The Kier molecular flexibility index (Phi) is 41.1. The highest BCUT2D eigenvalue weighted by Gasteiger charge is 2.54. The molecule has 21 heteroatoms. The van der Waals surface area contributed by atoms with E-state index in [0.717, 1.165) is 35.5 Å². The fourth-order valence-corrected chi connectivity index (χ4v) is 14.8. The monoisotopic (exact) mass is 1440 g/mol. The first-order valence-corrected chi connectivity index (χ1v) is 36.8. The SMILES string of the molecule is CC(C)(C)C1C(=O)OC(=O)C1CCC1C(=O)OC(=O)C1CCC1C(=O)OC(=O)C1C(C)(C)C.CC(CCC(C)C(C)C(C)C(C)(C)C)C(C)CCC(C)C(C)(C)C.CN.CN.COC(=O)C(CCC(C(C)=O)C(C(=O)OC)C(C)(C)C)C(CCC(C(C)=O)C(C(=O)OC)C(C)(C)C)C(=O)OC. The van der Waals surface area contributed by atoms with Gasteiger partial charge < -0.3 is 44.6 Å². The van der Waals surface area contributed by atoms with Crippen LogP contribution in [0, 0.1) is 139 Å². The maximum Gasteiger partial charge on any atom is 0.318 e. The maximum atomic E-state index is 13.0. The van der Waals surface area contributed by atoms with Gasteiger partial charge in [-0.3, -0.25) is 57.5 Å². The number of nitrogens with two attached hydrogens (primary N) is 2. The minimum absolute atomic E-state index is 0.0463. The molecule has 0 spiro atoms. The molecule has 3 aliphatic rings. The predicted molar refractivity (Wildman–Crippen MR) is 392 cm³/mol. The van der Waals surface area contributed by atoms with E-state index >= 15 is 0 Å². The van der Waals surface area contributed by atoms with Crippen molar-refractivity contribution in [1.82, 2.24) is 0 Å². The molecule has 586 valence electrons. The normalized spacial score (nSPS) is 22.4. The molecule has 0 aromatic heterocycles. The first kappa shape index (κ1) is 97.6. The minimum atomic E-state index is -1.02. The molecule has 3 saturated heterocycles. The molecule has 3 heterocycles. The summed E-state index contributed by atoms with van der Waals surface area (Å²) in [4.78, 5) is 150. The molecule has 0 radical (unpaired) electrons. The number of hydrogen-bond donors (Lipinski definition) is 2. The predicted octanol–water partition coefficient (Wildman–Crippen LogP) is 14.4. The second kappa shape index (κ2) is 42.5. The largest absolute Gasteiger partial charge is 0.469 e. The Bertz CT molecular complexity index is 2550. The molecule has 18 unspecified atom stereocenters. The van der Waals surface area contributed by atoms with E-state index in [9.17, 15) is 57.5 Å². The van der Waals surface area contributed by atoms with Gasteiger partial charge in [-0.15, -0.1) is 0 Å². The van der Waals surface area contributed by atoms with Gasteiger partial charge in [0, 0.05) is 11.8 Å². The molecule has 0 amide bonds. The van der Waals surface area contributed by atoms with Crippen LogP contribution in [0.25, 0.3) is 0 Å². The number of rotatable bonds is 30. The summed E-state index contributed by atoms with van der Waals surface area (Å²) >= 11 is 0. The van der Waals surface area contributed by atoms with Crippen LogP contribution in [-0.2, 0) is 90.7 Å². The van der Waals surface area contributed by atoms with Crippen LogP contribution in [0.1, 0.15) is 257 Å². The average Bonchev–Trinajstić information content (AvgIpc) is 1.71. The summed E-state index contributed by atoms with van der Waals surface area (Å²) in [6.07, 6.45) is 6.62. The van der Waals surface area contributed by atoms with Crippen LogP contribution in [-0.4, -0.2) is 114 Å². The van der Waals surface area contributed by atoms with E-state index in [1.54, 1.807) is 0 Å². The Labute approximate surface area is 609 Å². The third-order valence-electron chi connectivity index (χ3n) is 22.4. The summed E-state index contributed by atoms with van der Waals surface area (Å²) in [7, 11) is 7.91. The number of hydrogen-bond acceptors (Lipinski definition) is 21. The zero-order valence-electron chi connectivity index (χ0n) is 68.8. The van der Waals surface area contributed by atoms with Gasteiger partial charge in [0.05, 0.1) is 87.6 Å². The van der Waals surface area contributed by atoms with Gasteiger partial charge in [-0.25, -0.2) is 0 Å². The second-order valence-electron chi connectivity index (χ2n) is 35.4. The molecule has 4 N–H and O–H groups in total. The molecule has 3 fully saturated rings. The lowest BCUT2D eigenvalue weighted by Crippen LogP contribution is -2.41. The summed E-state index contributed by atoms with van der Waals surface area (Å²) < 4.78 is 34.6. The Balaban J connectivity index is 0. The van der Waals surface area contributed by atoms with Crippen molar-refractivity contribution in [2.24, 2.45) is 150 Å². The van der Waals surface area contributed by atoms with Crippen molar-refractivity contribution in [2.45, 2.75) is 257 Å². The highest BCUT2D eigenvalue weighted by Crippen LogP contribution is 2.47. The van der Waals surface area contributed by atoms with Crippen molar-refractivity contribution in [3.05, 3.63) is 0 Å². The highest BCUT2D eigenvalue weighted by molar-refractivity contribution is 5.99. The van der Waals surface area contributed by atoms with E-state index in [2.05, 4.69) is 94.6 Å². The van der Waals surface area contributed by atoms with E-state index in [-0.39, 0.29) is 62.9 Å². The number of cyclic esters (lactones) is 6. The van der Waals surface area contributed by atoms with E-state index in [4.69, 9.17) is 33.2 Å². The van der Waals surface area contributed by atoms with Crippen molar-refractivity contribution in [1.29, 1.82) is 0 Å². The van der Waals surface area contributed by atoms with Crippen LogP contribution in [0.5, 0.6) is 0 Å². The summed E-state index contributed by atoms with van der Waals surface area (Å²) in [6, 6.07) is 0. The standard InChI is InChI=1S/C30H50O10.C24H32O9.C24H50.2CH5N/c1-17(31)19(23(27(35)39-11)29(3,4)5)13-15-21(25(33)37-9)22(26(34)38-10)16-14-20(18(2)32)24(28(36)40-12)30(6,7)8;1-23(2,3)15-13(19(27)32-21(15)29)9-7-11-12(18(26)31-17(11)25)8-10-14-16(24(4,5)6)22(30)33-20(14)28;1-17(18(2)15-16-20(4)23(7,8)9)13-14-19(3)21(5)22(6)24(10,11)12;2*1-2/h19-24H,13-16H2,1-12H3;11-16H,7-10H2,1-6H3;17-22H,13-16H2,1-12H3;2*2H2,1H3. The van der Waals surface area contributed by atoms with Crippen LogP contribution >= 0.6 is 0 Å². The molecule has 0 bridgehead atoms. The van der Waals surface area contributed by atoms with Crippen LogP contribution in [0.3, 0.4) is 0 Å². The summed E-state index contributed by atoms with van der Waals surface area (Å²) in [6.45, 7) is 53.9. The second-order valence-corrected chi connectivity index (χ2v) is 35.4. The van der Waals surface area contributed by atoms with Gasteiger partial charge in [-0.2, -0.15) is 0 Å². The van der Waals surface area contributed by atoms with Crippen LogP contribution in [0.15, 0.2) is 0 Å². The fourth-order valence-electron chi connectivity index (χ4n) is 14.8. The van der Waals surface area contributed by atoms with Gasteiger partial charge in [-0.1, -0.05) is 185 Å². The molecule has 0 aromatic carbocycles. The van der Waals surface area contributed by atoms with Gasteiger partial charge in [0.2, 0.25) is 0 Å². The molecule has 18 atom stereocenters.